The van der Waals surface area contributed by atoms with E-state index < -0.39 is 0 Å². The van der Waals surface area contributed by atoms with Gasteiger partial charge in [-0.3, -0.25) is 0 Å². The summed E-state index contributed by atoms with van der Waals surface area (Å²) >= 11 is 9.23. The average molecular weight is 437 g/mol. The van der Waals surface area contributed by atoms with Crippen LogP contribution in [0.2, 0.25) is 0 Å². The molecule has 0 amide bonds. The Hall–Kier alpha value is 0.620. The van der Waals surface area contributed by atoms with Gasteiger partial charge in [0.15, 0.2) is 0 Å². The van der Waals surface area contributed by atoms with Gasteiger partial charge < -0.3 is 5.32 Å². The van der Waals surface area contributed by atoms with Crippen molar-refractivity contribution in [1.82, 2.24) is 5.32 Å². The predicted molar refractivity (Wildman–Crippen MR) is 101 cm³/mol. The molecule has 1 nitrogen and oxygen atoms in total. The number of rotatable bonds is 7. The second-order valence-corrected chi connectivity index (χ2v) is 10.1. The molecule has 21 heavy (non-hydrogen) atoms. The van der Waals surface area contributed by atoms with Crippen LogP contribution < -0.4 is 5.32 Å². The van der Waals surface area contributed by atoms with Gasteiger partial charge in [0.25, 0.3) is 0 Å². The fourth-order valence-corrected chi connectivity index (χ4v) is 6.22. The van der Waals surface area contributed by atoms with E-state index in [2.05, 4.69) is 64.0 Å². The van der Waals surface area contributed by atoms with Crippen molar-refractivity contribution in [3.8, 4) is 0 Å². The molecule has 1 fully saturated rings. The molecule has 0 aliphatic heterocycles. The molecule has 1 saturated carbocycles. The molecule has 0 aromatic carbocycles. The first-order chi connectivity index (χ1) is 9.98. The lowest BCUT2D eigenvalue weighted by Crippen LogP contribution is -2.37. The van der Waals surface area contributed by atoms with Crippen molar-refractivity contribution in [3.05, 3.63) is 19.2 Å². The van der Waals surface area contributed by atoms with Crippen LogP contribution in [-0.2, 0) is 0 Å². The van der Waals surface area contributed by atoms with Crippen LogP contribution >= 0.6 is 43.2 Å². The van der Waals surface area contributed by atoms with Gasteiger partial charge in [-0.25, -0.2) is 0 Å². The molecule has 1 aromatic heterocycles. The minimum Gasteiger partial charge on any atom is -0.309 e. The first-order valence-electron chi connectivity index (χ1n) is 8.16. The lowest BCUT2D eigenvalue weighted by atomic mass is 9.72. The molecular formula is C17H27Br2NS. The zero-order valence-electron chi connectivity index (χ0n) is 13.3. The molecule has 1 N–H and O–H groups in total. The van der Waals surface area contributed by atoms with Crippen LogP contribution in [0.4, 0.5) is 0 Å². The summed E-state index contributed by atoms with van der Waals surface area (Å²) in [5.74, 6) is 0.765. The van der Waals surface area contributed by atoms with Gasteiger partial charge >= 0.3 is 0 Å². The highest BCUT2D eigenvalue weighted by Gasteiger charge is 2.42. The normalized spacial score (nSPS) is 19.3. The van der Waals surface area contributed by atoms with E-state index in [0.29, 0.717) is 11.5 Å². The van der Waals surface area contributed by atoms with Gasteiger partial charge in [0, 0.05) is 15.4 Å². The van der Waals surface area contributed by atoms with Crippen molar-refractivity contribution in [2.24, 2.45) is 11.3 Å². The number of thiophene rings is 1. The Kier molecular flexibility index (Phi) is 6.79. The van der Waals surface area contributed by atoms with Gasteiger partial charge in [0.2, 0.25) is 0 Å². The number of halogens is 2. The summed E-state index contributed by atoms with van der Waals surface area (Å²) in [4.78, 5) is 1.49. The van der Waals surface area contributed by atoms with Crippen molar-refractivity contribution < 1.29 is 0 Å². The molecule has 1 atom stereocenters. The standard InChI is InChI=1S/C17H27Br2NS/c1-4-9-20-15(14-10-13(18)16(19)21-14)17(11-12(2)3)7-5-6-8-17/h10,12,15,20H,4-9,11H2,1-3H3. The van der Waals surface area contributed by atoms with E-state index in [-0.39, 0.29) is 0 Å². The third-order valence-corrected chi connectivity index (χ3v) is 7.89. The quantitative estimate of drug-likeness (QED) is 0.488. The monoisotopic (exact) mass is 435 g/mol. The average Bonchev–Trinajstić information content (AvgIpc) is 2.98. The molecule has 0 saturated heterocycles. The first kappa shape index (κ1) is 18.0. The maximum absolute atomic E-state index is 3.88. The number of hydrogen-bond acceptors (Lipinski definition) is 2. The molecule has 1 unspecified atom stereocenters. The highest BCUT2D eigenvalue weighted by molar-refractivity contribution is 9.13. The Morgan fingerprint density at radius 3 is 2.43 bits per heavy atom. The van der Waals surface area contributed by atoms with Crippen LogP contribution in [0.3, 0.4) is 0 Å². The number of nitrogens with one attached hydrogen (secondary N) is 1. The molecule has 0 spiro atoms. The van der Waals surface area contributed by atoms with Crippen molar-refractivity contribution in [1.29, 1.82) is 0 Å². The first-order valence-corrected chi connectivity index (χ1v) is 10.6. The largest absolute Gasteiger partial charge is 0.309 e. The van der Waals surface area contributed by atoms with Crippen LogP contribution in [0.5, 0.6) is 0 Å². The Balaban J connectivity index is 2.32. The van der Waals surface area contributed by atoms with E-state index >= 15 is 0 Å². The van der Waals surface area contributed by atoms with E-state index in [1.807, 2.05) is 11.3 Å². The SMILES string of the molecule is CCCNC(c1cc(Br)c(Br)s1)C1(CC(C)C)CCCC1. The third-order valence-electron chi connectivity index (χ3n) is 4.57. The van der Waals surface area contributed by atoms with E-state index in [4.69, 9.17) is 0 Å². The molecule has 120 valence electrons. The second-order valence-electron chi connectivity index (χ2n) is 6.82. The lowest BCUT2D eigenvalue weighted by molar-refractivity contribution is 0.158. The minimum atomic E-state index is 0.451. The van der Waals surface area contributed by atoms with Crippen LogP contribution in [-0.4, -0.2) is 6.54 Å². The van der Waals surface area contributed by atoms with Gasteiger partial charge in [0.05, 0.1) is 3.79 Å². The summed E-state index contributed by atoms with van der Waals surface area (Å²) < 4.78 is 2.42. The Labute approximate surface area is 150 Å². The maximum Gasteiger partial charge on any atom is 0.0843 e. The summed E-state index contributed by atoms with van der Waals surface area (Å²) in [6.45, 7) is 8.11. The van der Waals surface area contributed by atoms with Crippen LogP contribution in [0, 0.1) is 11.3 Å². The lowest BCUT2D eigenvalue weighted by Gasteiger charge is -2.39. The van der Waals surface area contributed by atoms with Crippen molar-refractivity contribution in [2.45, 2.75) is 65.3 Å². The third kappa shape index (κ3) is 4.33. The summed E-state index contributed by atoms with van der Waals surface area (Å²) in [6.07, 6.45) is 8.07. The van der Waals surface area contributed by atoms with E-state index in [0.717, 1.165) is 12.5 Å². The summed E-state index contributed by atoms with van der Waals surface area (Å²) in [7, 11) is 0. The Morgan fingerprint density at radius 2 is 1.95 bits per heavy atom. The van der Waals surface area contributed by atoms with Gasteiger partial charge in [-0.2, -0.15) is 0 Å². The summed E-state index contributed by atoms with van der Waals surface area (Å²) in [5, 5.41) is 3.88. The smallest absolute Gasteiger partial charge is 0.0843 e. The van der Waals surface area contributed by atoms with Crippen LogP contribution in [0.1, 0.15) is 70.2 Å². The molecule has 1 heterocycles. The highest BCUT2D eigenvalue weighted by atomic mass is 79.9. The fourth-order valence-electron chi connectivity index (χ4n) is 3.92. The van der Waals surface area contributed by atoms with E-state index in [1.54, 1.807) is 0 Å². The minimum absolute atomic E-state index is 0.451. The zero-order valence-corrected chi connectivity index (χ0v) is 17.3. The number of hydrogen-bond donors (Lipinski definition) is 1. The Bertz CT molecular complexity index is 430. The van der Waals surface area contributed by atoms with E-state index in [1.165, 1.54) is 51.7 Å². The van der Waals surface area contributed by atoms with Crippen LogP contribution in [0.15, 0.2) is 14.3 Å². The summed E-state index contributed by atoms with van der Waals surface area (Å²) in [6, 6.07) is 2.83. The molecular weight excluding hydrogens is 410 g/mol. The molecule has 2 rings (SSSR count). The molecule has 1 aliphatic carbocycles. The Morgan fingerprint density at radius 1 is 1.29 bits per heavy atom. The van der Waals surface area contributed by atoms with Gasteiger partial charge in [0.1, 0.15) is 0 Å². The highest BCUT2D eigenvalue weighted by Crippen LogP contribution is 2.53. The molecule has 1 aromatic rings. The van der Waals surface area contributed by atoms with Gasteiger partial charge in [-0.05, 0) is 81.5 Å². The molecule has 0 radical (unpaired) electrons. The van der Waals surface area contributed by atoms with Crippen LogP contribution in [0.25, 0.3) is 0 Å². The van der Waals surface area contributed by atoms with Gasteiger partial charge in [-0.1, -0.05) is 33.6 Å². The second kappa shape index (κ2) is 7.94. The topological polar surface area (TPSA) is 12.0 Å². The zero-order chi connectivity index (χ0) is 15.5. The van der Waals surface area contributed by atoms with Crippen molar-refractivity contribution in [3.63, 3.8) is 0 Å². The molecule has 1 aliphatic rings. The maximum atomic E-state index is 3.88. The predicted octanol–water partition coefficient (Wildman–Crippen LogP) is 6.92. The summed E-state index contributed by atoms with van der Waals surface area (Å²) in [5.41, 5.74) is 0.451. The van der Waals surface area contributed by atoms with E-state index in [9.17, 15) is 0 Å². The fraction of sp³-hybridized carbons (Fsp3) is 0.765. The molecule has 0 bridgehead atoms. The van der Waals surface area contributed by atoms with Gasteiger partial charge in [-0.15, -0.1) is 11.3 Å². The van der Waals surface area contributed by atoms with Crippen molar-refractivity contribution >= 4 is 43.2 Å². The van der Waals surface area contributed by atoms with Crippen molar-refractivity contribution in [2.75, 3.05) is 6.54 Å². The molecule has 4 heteroatoms.